The Kier molecular flexibility index (Phi) is 4.78. The molecule has 5 nitrogen and oxygen atoms in total. The summed E-state index contributed by atoms with van der Waals surface area (Å²) in [5.74, 6) is 0.884. The zero-order valence-corrected chi connectivity index (χ0v) is 15.7. The second-order valence-electron chi connectivity index (χ2n) is 7.73. The highest BCUT2D eigenvalue weighted by molar-refractivity contribution is 5.75. The molecule has 2 aliphatic rings. The lowest BCUT2D eigenvalue weighted by Crippen LogP contribution is -2.57. The normalized spacial score (nSPS) is 23.1. The summed E-state index contributed by atoms with van der Waals surface area (Å²) in [7, 11) is 1.69. The van der Waals surface area contributed by atoms with Gasteiger partial charge in [-0.1, -0.05) is 18.2 Å². The van der Waals surface area contributed by atoms with E-state index in [1.807, 2.05) is 32.6 Å². The standard InChI is InChI=1S/C20H27NO4/c1-13-6-7-14(10-18(13)23-5)15-8-16-11-24-12-17(9-15)21(16)19(22)25-20(2,3)4/h6-8,10,16-17H,9,11-12H2,1-5H3. The number of methoxy groups -OCH3 is 1. The van der Waals surface area contributed by atoms with Gasteiger partial charge in [0.2, 0.25) is 0 Å². The Balaban J connectivity index is 1.87. The smallest absolute Gasteiger partial charge is 0.411 e. The number of nitrogens with zero attached hydrogens (tertiary/aromatic N) is 1. The summed E-state index contributed by atoms with van der Waals surface area (Å²) in [6, 6.07) is 6.16. The Morgan fingerprint density at radius 1 is 1.28 bits per heavy atom. The van der Waals surface area contributed by atoms with Crippen LogP contribution in [0.4, 0.5) is 4.79 Å². The molecule has 2 unspecified atom stereocenters. The molecule has 2 heterocycles. The van der Waals surface area contributed by atoms with Crippen LogP contribution in [-0.2, 0) is 9.47 Å². The maximum absolute atomic E-state index is 12.6. The molecule has 5 heteroatoms. The second-order valence-corrected chi connectivity index (χ2v) is 7.73. The molecule has 0 N–H and O–H groups in total. The number of fused-ring (bicyclic) bond motifs is 2. The van der Waals surface area contributed by atoms with Crippen molar-refractivity contribution in [3.8, 4) is 5.75 Å². The van der Waals surface area contributed by atoms with Crippen LogP contribution in [0.1, 0.15) is 38.3 Å². The van der Waals surface area contributed by atoms with Crippen molar-refractivity contribution in [1.82, 2.24) is 4.90 Å². The lowest BCUT2D eigenvalue weighted by molar-refractivity contribution is -0.0510. The number of carbonyl (C=O) groups is 1. The van der Waals surface area contributed by atoms with Crippen LogP contribution in [-0.4, -0.2) is 49.0 Å². The topological polar surface area (TPSA) is 48.0 Å². The van der Waals surface area contributed by atoms with Crippen molar-refractivity contribution in [2.45, 2.75) is 51.8 Å². The van der Waals surface area contributed by atoms with Crippen molar-refractivity contribution < 1.29 is 19.0 Å². The minimum absolute atomic E-state index is 0.000831. The van der Waals surface area contributed by atoms with Crippen LogP contribution in [0.25, 0.3) is 5.57 Å². The van der Waals surface area contributed by atoms with Crippen molar-refractivity contribution in [3.63, 3.8) is 0 Å². The van der Waals surface area contributed by atoms with Crippen LogP contribution in [0, 0.1) is 6.92 Å². The van der Waals surface area contributed by atoms with Crippen molar-refractivity contribution in [2.75, 3.05) is 20.3 Å². The maximum atomic E-state index is 12.6. The third-order valence-electron chi connectivity index (χ3n) is 4.58. The zero-order valence-electron chi connectivity index (χ0n) is 15.7. The van der Waals surface area contributed by atoms with Crippen LogP contribution < -0.4 is 4.74 Å². The first-order valence-corrected chi connectivity index (χ1v) is 8.73. The number of rotatable bonds is 2. The molecular weight excluding hydrogens is 318 g/mol. The molecule has 1 amide bonds. The quantitative estimate of drug-likeness (QED) is 0.818. The Hall–Kier alpha value is -2.01. The first-order valence-electron chi connectivity index (χ1n) is 8.73. The lowest BCUT2D eigenvalue weighted by atomic mass is 9.89. The Labute approximate surface area is 149 Å². The first-order chi connectivity index (χ1) is 11.8. The summed E-state index contributed by atoms with van der Waals surface area (Å²) in [6.45, 7) is 8.74. The molecule has 2 atom stereocenters. The molecule has 0 aliphatic carbocycles. The van der Waals surface area contributed by atoms with Gasteiger partial charge in [-0.05, 0) is 56.9 Å². The van der Waals surface area contributed by atoms with Crippen LogP contribution in [0.2, 0.25) is 0 Å². The average molecular weight is 345 g/mol. The summed E-state index contributed by atoms with van der Waals surface area (Å²) in [5, 5.41) is 0. The van der Waals surface area contributed by atoms with E-state index in [1.165, 1.54) is 5.57 Å². The minimum Gasteiger partial charge on any atom is -0.496 e. The molecule has 25 heavy (non-hydrogen) atoms. The molecule has 0 radical (unpaired) electrons. The van der Waals surface area contributed by atoms with E-state index in [-0.39, 0.29) is 18.2 Å². The predicted octanol–water partition coefficient (Wildman–Crippen LogP) is 3.80. The molecule has 0 aromatic heterocycles. The number of benzene rings is 1. The van der Waals surface area contributed by atoms with E-state index < -0.39 is 5.60 Å². The van der Waals surface area contributed by atoms with Gasteiger partial charge in [0.15, 0.2) is 0 Å². The van der Waals surface area contributed by atoms with E-state index in [2.05, 4.69) is 24.3 Å². The lowest BCUT2D eigenvalue weighted by Gasteiger charge is -2.44. The largest absolute Gasteiger partial charge is 0.496 e. The van der Waals surface area contributed by atoms with Gasteiger partial charge < -0.3 is 14.2 Å². The highest BCUT2D eigenvalue weighted by Gasteiger charge is 2.40. The van der Waals surface area contributed by atoms with E-state index >= 15 is 0 Å². The van der Waals surface area contributed by atoms with Crippen molar-refractivity contribution in [2.24, 2.45) is 0 Å². The van der Waals surface area contributed by atoms with Gasteiger partial charge in [0.1, 0.15) is 11.4 Å². The monoisotopic (exact) mass is 345 g/mol. The van der Waals surface area contributed by atoms with Crippen molar-refractivity contribution in [3.05, 3.63) is 35.4 Å². The van der Waals surface area contributed by atoms with E-state index in [4.69, 9.17) is 14.2 Å². The predicted molar refractivity (Wildman–Crippen MR) is 96.8 cm³/mol. The van der Waals surface area contributed by atoms with E-state index in [1.54, 1.807) is 7.11 Å². The maximum Gasteiger partial charge on any atom is 0.411 e. The number of aryl methyl sites for hydroxylation is 1. The van der Waals surface area contributed by atoms with Gasteiger partial charge in [0.25, 0.3) is 0 Å². The molecule has 1 saturated heterocycles. The molecule has 3 rings (SSSR count). The van der Waals surface area contributed by atoms with Crippen LogP contribution in [0.5, 0.6) is 5.75 Å². The van der Waals surface area contributed by atoms with Crippen LogP contribution in [0.15, 0.2) is 24.3 Å². The number of hydrogen-bond acceptors (Lipinski definition) is 4. The summed E-state index contributed by atoms with van der Waals surface area (Å²) in [5.41, 5.74) is 2.99. The van der Waals surface area contributed by atoms with Gasteiger partial charge in [-0.2, -0.15) is 0 Å². The molecule has 1 aromatic rings. The highest BCUT2D eigenvalue weighted by Crippen LogP contribution is 2.35. The number of amides is 1. The molecule has 2 aliphatic heterocycles. The summed E-state index contributed by atoms with van der Waals surface area (Å²) in [4.78, 5) is 14.5. The third-order valence-corrected chi connectivity index (χ3v) is 4.58. The molecular formula is C20H27NO4. The van der Waals surface area contributed by atoms with Gasteiger partial charge in [-0.3, -0.25) is 4.90 Å². The molecule has 0 saturated carbocycles. The fraction of sp³-hybridized carbons (Fsp3) is 0.550. The highest BCUT2D eigenvalue weighted by atomic mass is 16.6. The first kappa shape index (κ1) is 17.8. The van der Waals surface area contributed by atoms with E-state index in [0.29, 0.717) is 13.2 Å². The molecule has 0 spiro atoms. The van der Waals surface area contributed by atoms with Crippen LogP contribution in [0.3, 0.4) is 0 Å². The fourth-order valence-electron chi connectivity index (χ4n) is 3.43. The second kappa shape index (κ2) is 6.71. The van der Waals surface area contributed by atoms with E-state index in [9.17, 15) is 4.79 Å². The number of ether oxygens (including phenoxy) is 3. The molecule has 136 valence electrons. The van der Waals surface area contributed by atoms with Crippen LogP contribution >= 0.6 is 0 Å². The summed E-state index contributed by atoms with van der Waals surface area (Å²) < 4.78 is 16.7. The van der Waals surface area contributed by atoms with Gasteiger partial charge in [0.05, 0.1) is 32.4 Å². The average Bonchev–Trinajstić information content (AvgIpc) is 2.52. The van der Waals surface area contributed by atoms with Gasteiger partial charge in [0, 0.05) is 0 Å². The van der Waals surface area contributed by atoms with Gasteiger partial charge >= 0.3 is 6.09 Å². The van der Waals surface area contributed by atoms with Crippen molar-refractivity contribution >= 4 is 11.7 Å². The summed E-state index contributed by atoms with van der Waals surface area (Å²) in [6.07, 6.45) is 2.62. The molecule has 2 bridgehead atoms. The Bertz CT molecular complexity index is 689. The minimum atomic E-state index is -0.499. The fourth-order valence-corrected chi connectivity index (χ4v) is 3.43. The van der Waals surface area contributed by atoms with E-state index in [0.717, 1.165) is 23.3 Å². The number of hydrogen-bond donors (Lipinski definition) is 0. The van der Waals surface area contributed by atoms with Gasteiger partial charge in [-0.15, -0.1) is 0 Å². The van der Waals surface area contributed by atoms with Gasteiger partial charge in [-0.25, -0.2) is 4.79 Å². The number of carbonyl (C=O) groups excluding carboxylic acids is 1. The molecule has 1 aromatic carbocycles. The summed E-state index contributed by atoms with van der Waals surface area (Å²) >= 11 is 0. The number of morpholine rings is 1. The molecule has 1 fully saturated rings. The third kappa shape index (κ3) is 3.82. The Morgan fingerprint density at radius 2 is 2.04 bits per heavy atom. The zero-order chi connectivity index (χ0) is 18.2. The van der Waals surface area contributed by atoms with Crippen molar-refractivity contribution in [1.29, 1.82) is 0 Å². The Morgan fingerprint density at radius 3 is 2.68 bits per heavy atom. The SMILES string of the molecule is COc1cc(C2=CC3COCC(C2)N3C(=O)OC(C)(C)C)ccc1C.